The van der Waals surface area contributed by atoms with Crippen LogP contribution in [0.2, 0.25) is 0 Å². The summed E-state index contributed by atoms with van der Waals surface area (Å²) in [5.41, 5.74) is 5.51. The number of nitro benzene ring substituents is 1. The Kier molecular flexibility index (Phi) is 3.99. The predicted molar refractivity (Wildman–Crippen MR) is 77.6 cm³/mol. The number of nitrogens with zero attached hydrogens (tertiary/aromatic N) is 2. The summed E-state index contributed by atoms with van der Waals surface area (Å²) in [5.74, 6) is -0.334. The van der Waals surface area contributed by atoms with E-state index in [1.807, 2.05) is 17.5 Å². The Morgan fingerprint density at radius 2 is 2.15 bits per heavy atom. The summed E-state index contributed by atoms with van der Waals surface area (Å²) < 4.78 is 0. The smallest absolute Gasteiger partial charge is 0.292 e. The van der Waals surface area contributed by atoms with Crippen LogP contribution in [0.1, 0.15) is 15.2 Å². The number of anilines is 1. The molecule has 6 nitrogen and oxygen atoms in total. The van der Waals surface area contributed by atoms with Crippen molar-refractivity contribution < 1.29 is 9.72 Å². The molecule has 2 aromatic rings. The summed E-state index contributed by atoms with van der Waals surface area (Å²) in [6.45, 7) is 0.443. The second-order valence-electron chi connectivity index (χ2n) is 4.24. The van der Waals surface area contributed by atoms with Crippen LogP contribution in [0.5, 0.6) is 0 Å². The second-order valence-corrected chi connectivity index (χ2v) is 5.27. The lowest BCUT2D eigenvalue weighted by atomic mass is 10.1. The molecule has 20 heavy (non-hydrogen) atoms. The van der Waals surface area contributed by atoms with Gasteiger partial charge in [0.05, 0.1) is 17.0 Å². The number of nitrogen functional groups attached to an aromatic ring is 1. The highest BCUT2D eigenvalue weighted by atomic mass is 32.1. The molecule has 1 aromatic carbocycles. The van der Waals surface area contributed by atoms with Crippen LogP contribution in [0.4, 0.5) is 11.4 Å². The lowest BCUT2D eigenvalue weighted by Crippen LogP contribution is -2.26. The molecule has 0 unspecified atom stereocenters. The maximum atomic E-state index is 12.3. The molecule has 1 amide bonds. The Hall–Kier alpha value is -2.41. The summed E-state index contributed by atoms with van der Waals surface area (Å²) in [6.07, 6.45) is 0. The van der Waals surface area contributed by atoms with E-state index >= 15 is 0 Å². The number of nitrogens with two attached hydrogens (primary N) is 1. The fourth-order valence-electron chi connectivity index (χ4n) is 1.81. The van der Waals surface area contributed by atoms with Crippen LogP contribution in [0, 0.1) is 10.1 Å². The average molecular weight is 291 g/mol. The molecule has 2 rings (SSSR count). The molecular weight excluding hydrogens is 278 g/mol. The number of carbonyl (C=O) groups excluding carboxylic acids is 1. The van der Waals surface area contributed by atoms with Crippen molar-refractivity contribution >= 4 is 28.6 Å². The van der Waals surface area contributed by atoms with Gasteiger partial charge in [0.15, 0.2) is 0 Å². The fourth-order valence-corrected chi connectivity index (χ4v) is 2.57. The van der Waals surface area contributed by atoms with Crippen LogP contribution < -0.4 is 5.73 Å². The first-order valence-corrected chi connectivity index (χ1v) is 6.69. The van der Waals surface area contributed by atoms with E-state index in [1.165, 1.54) is 23.1 Å². The van der Waals surface area contributed by atoms with Gasteiger partial charge < -0.3 is 10.6 Å². The van der Waals surface area contributed by atoms with E-state index in [4.69, 9.17) is 5.73 Å². The lowest BCUT2D eigenvalue weighted by Gasteiger charge is -2.17. The molecule has 0 radical (unpaired) electrons. The maximum Gasteiger partial charge on any atom is 0.292 e. The first kappa shape index (κ1) is 14.0. The average Bonchev–Trinajstić information content (AvgIpc) is 2.90. The third kappa shape index (κ3) is 2.77. The van der Waals surface area contributed by atoms with Crippen LogP contribution in [-0.4, -0.2) is 22.8 Å². The Balaban J connectivity index is 2.25. The summed E-state index contributed by atoms with van der Waals surface area (Å²) in [6, 6.07) is 8.06. The third-order valence-corrected chi connectivity index (χ3v) is 3.69. The van der Waals surface area contributed by atoms with Crippen molar-refractivity contribution in [3.8, 4) is 0 Å². The molecule has 0 fully saturated rings. The Labute approximate surface area is 119 Å². The van der Waals surface area contributed by atoms with Crippen molar-refractivity contribution in [3.63, 3.8) is 0 Å². The third-order valence-electron chi connectivity index (χ3n) is 2.83. The first-order valence-electron chi connectivity index (χ1n) is 5.81. The van der Waals surface area contributed by atoms with E-state index < -0.39 is 4.92 Å². The summed E-state index contributed by atoms with van der Waals surface area (Å²) in [5, 5.41) is 12.8. The number of hydrogen-bond donors (Lipinski definition) is 1. The highest BCUT2D eigenvalue weighted by molar-refractivity contribution is 7.09. The minimum absolute atomic E-state index is 0.0967. The van der Waals surface area contributed by atoms with E-state index in [0.717, 1.165) is 4.88 Å². The van der Waals surface area contributed by atoms with Gasteiger partial charge in [-0.1, -0.05) is 12.1 Å². The highest BCUT2D eigenvalue weighted by Gasteiger charge is 2.21. The SMILES string of the molecule is CN(Cc1cccs1)C(=O)c1cccc([N+](=O)[O-])c1N. The first-order chi connectivity index (χ1) is 9.50. The minimum Gasteiger partial charge on any atom is -0.393 e. The molecule has 0 bridgehead atoms. The molecule has 0 aliphatic carbocycles. The van der Waals surface area contributed by atoms with Crippen LogP contribution >= 0.6 is 11.3 Å². The molecule has 0 atom stereocenters. The number of amides is 1. The molecule has 0 saturated carbocycles. The lowest BCUT2D eigenvalue weighted by molar-refractivity contribution is -0.383. The van der Waals surface area contributed by atoms with Crippen molar-refractivity contribution in [2.24, 2.45) is 0 Å². The maximum absolute atomic E-state index is 12.3. The number of para-hydroxylation sites is 1. The van der Waals surface area contributed by atoms with Crippen LogP contribution in [0.3, 0.4) is 0 Å². The Morgan fingerprint density at radius 1 is 1.40 bits per heavy atom. The molecule has 0 aliphatic heterocycles. The van der Waals surface area contributed by atoms with Gasteiger partial charge in [0.1, 0.15) is 5.69 Å². The van der Waals surface area contributed by atoms with Crippen molar-refractivity contribution in [2.45, 2.75) is 6.54 Å². The van der Waals surface area contributed by atoms with Crippen molar-refractivity contribution in [2.75, 3.05) is 12.8 Å². The monoisotopic (exact) mass is 291 g/mol. The van der Waals surface area contributed by atoms with Crippen molar-refractivity contribution in [3.05, 3.63) is 56.3 Å². The van der Waals surface area contributed by atoms with Crippen molar-refractivity contribution in [1.29, 1.82) is 0 Å². The molecule has 104 valence electrons. The number of benzene rings is 1. The molecule has 2 N–H and O–H groups in total. The summed E-state index contributed by atoms with van der Waals surface area (Å²) in [4.78, 5) is 25.0. The fraction of sp³-hybridized carbons (Fsp3) is 0.154. The number of rotatable bonds is 4. The zero-order chi connectivity index (χ0) is 14.7. The Bertz CT molecular complexity index is 640. The van der Waals surface area contributed by atoms with Gasteiger partial charge in [0.2, 0.25) is 0 Å². The normalized spacial score (nSPS) is 10.2. The highest BCUT2D eigenvalue weighted by Crippen LogP contribution is 2.26. The van der Waals surface area contributed by atoms with E-state index in [-0.39, 0.29) is 22.8 Å². The Morgan fingerprint density at radius 3 is 2.75 bits per heavy atom. The molecule has 7 heteroatoms. The van der Waals surface area contributed by atoms with Gasteiger partial charge in [-0.05, 0) is 17.5 Å². The molecular formula is C13H13N3O3S. The van der Waals surface area contributed by atoms with Gasteiger partial charge in [0, 0.05) is 18.0 Å². The van der Waals surface area contributed by atoms with Gasteiger partial charge in [0.25, 0.3) is 11.6 Å². The van der Waals surface area contributed by atoms with Gasteiger partial charge in [-0.3, -0.25) is 14.9 Å². The molecule has 0 aliphatic rings. The topological polar surface area (TPSA) is 89.5 Å². The predicted octanol–water partition coefficient (Wildman–Crippen LogP) is 2.51. The molecule has 0 spiro atoms. The van der Waals surface area contributed by atoms with Gasteiger partial charge in [-0.2, -0.15) is 0 Å². The standard InChI is InChI=1S/C13H13N3O3S/c1-15(8-9-4-3-7-20-9)13(17)10-5-2-6-11(12(10)14)16(18)19/h2-7H,8,14H2,1H3. The summed E-state index contributed by atoms with van der Waals surface area (Å²) in [7, 11) is 1.64. The number of carbonyl (C=O) groups is 1. The van der Waals surface area contributed by atoms with Gasteiger partial charge in [-0.15, -0.1) is 11.3 Å². The van der Waals surface area contributed by atoms with Crippen LogP contribution in [0.25, 0.3) is 0 Å². The molecule has 1 heterocycles. The molecule has 1 aromatic heterocycles. The van der Waals surface area contributed by atoms with E-state index in [2.05, 4.69) is 0 Å². The second kappa shape index (κ2) is 5.70. The zero-order valence-corrected chi connectivity index (χ0v) is 11.6. The van der Waals surface area contributed by atoms with Gasteiger partial charge in [-0.25, -0.2) is 0 Å². The number of thiophene rings is 1. The largest absolute Gasteiger partial charge is 0.393 e. The number of hydrogen-bond acceptors (Lipinski definition) is 5. The van der Waals surface area contributed by atoms with Crippen LogP contribution in [0.15, 0.2) is 35.7 Å². The van der Waals surface area contributed by atoms with E-state index in [9.17, 15) is 14.9 Å². The molecule has 0 saturated heterocycles. The summed E-state index contributed by atoms with van der Waals surface area (Å²) >= 11 is 1.54. The van der Waals surface area contributed by atoms with E-state index in [1.54, 1.807) is 18.4 Å². The number of nitro groups is 1. The van der Waals surface area contributed by atoms with Crippen molar-refractivity contribution in [1.82, 2.24) is 4.90 Å². The zero-order valence-electron chi connectivity index (χ0n) is 10.8. The van der Waals surface area contributed by atoms with E-state index in [0.29, 0.717) is 6.54 Å². The van der Waals surface area contributed by atoms with Crippen LogP contribution in [-0.2, 0) is 6.54 Å². The van der Waals surface area contributed by atoms with Gasteiger partial charge >= 0.3 is 0 Å². The minimum atomic E-state index is -0.592. The quantitative estimate of drug-likeness (QED) is 0.532.